The van der Waals surface area contributed by atoms with Crippen molar-refractivity contribution in [3.63, 3.8) is 0 Å². The van der Waals surface area contributed by atoms with Crippen LogP contribution in [0.25, 0.3) is 0 Å². The Hall–Kier alpha value is -1.51. The maximum absolute atomic E-state index is 12.1. The van der Waals surface area contributed by atoms with Crippen LogP contribution in [0.3, 0.4) is 0 Å². The highest BCUT2D eigenvalue weighted by molar-refractivity contribution is 7.89. The van der Waals surface area contributed by atoms with E-state index in [0.717, 1.165) is 0 Å². The molecular weight excluding hydrogens is 282 g/mol. The second-order valence-electron chi connectivity index (χ2n) is 4.66. The van der Waals surface area contributed by atoms with Crippen LogP contribution in [0.1, 0.15) is 19.4 Å². The monoisotopic (exact) mass is 301 g/mol. The summed E-state index contributed by atoms with van der Waals surface area (Å²) in [5.41, 5.74) is -0.0602. The molecule has 112 valence electrons. The molecule has 7 nitrogen and oxygen atoms in total. The van der Waals surface area contributed by atoms with Crippen molar-refractivity contribution in [1.82, 2.24) is 10.0 Å². The van der Waals surface area contributed by atoms with Crippen LogP contribution in [0, 0.1) is 17.0 Å². The molecule has 20 heavy (non-hydrogen) atoms. The third kappa shape index (κ3) is 4.26. The molecule has 0 aliphatic carbocycles. The average molecular weight is 301 g/mol. The topological polar surface area (TPSA) is 101 Å². The maximum atomic E-state index is 12.1. The molecule has 0 heterocycles. The molecule has 0 atom stereocenters. The largest absolute Gasteiger partial charge is 0.313 e. The number of hydrogen-bond acceptors (Lipinski definition) is 5. The van der Waals surface area contributed by atoms with Crippen LogP contribution in [-0.2, 0) is 10.0 Å². The number of hydrogen-bond donors (Lipinski definition) is 2. The highest BCUT2D eigenvalue weighted by Gasteiger charge is 2.22. The number of sulfonamides is 1. The Labute approximate surface area is 118 Å². The lowest BCUT2D eigenvalue weighted by atomic mass is 10.2. The van der Waals surface area contributed by atoms with E-state index < -0.39 is 14.9 Å². The van der Waals surface area contributed by atoms with E-state index in [0.29, 0.717) is 6.54 Å². The Kier molecular flexibility index (Phi) is 5.61. The minimum atomic E-state index is -3.74. The molecule has 0 aromatic heterocycles. The van der Waals surface area contributed by atoms with Gasteiger partial charge < -0.3 is 5.32 Å². The van der Waals surface area contributed by atoms with E-state index in [-0.39, 0.29) is 28.7 Å². The Morgan fingerprint density at radius 2 is 1.95 bits per heavy atom. The fourth-order valence-corrected chi connectivity index (χ4v) is 3.01. The summed E-state index contributed by atoms with van der Waals surface area (Å²) in [4.78, 5) is 10.2. The second-order valence-corrected chi connectivity index (χ2v) is 6.40. The van der Waals surface area contributed by atoms with E-state index in [1.165, 1.54) is 25.1 Å². The van der Waals surface area contributed by atoms with Crippen molar-refractivity contribution in [1.29, 1.82) is 0 Å². The molecule has 8 heteroatoms. The molecule has 1 aromatic carbocycles. The smallest absolute Gasteiger partial charge is 0.273 e. The van der Waals surface area contributed by atoms with E-state index in [1.54, 1.807) is 0 Å². The molecule has 0 bridgehead atoms. The van der Waals surface area contributed by atoms with Crippen molar-refractivity contribution < 1.29 is 13.3 Å². The number of benzene rings is 1. The third-order valence-corrected chi connectivity index (χ3v) is 4.32. The molecule has 1 rings (SSSR count). The summed E-state index contributed by atoms with van der Waals surface area (Å²) < 4.78 is 26.6. The van der Waals surface area contributed by atoms with Crippen molar-refractivity contribution in [3.05, 3.63) is 33.9 Å². The normalized spacial score (nSPS) is 11.8. The Morgan fingerprint density at radius 1 is 1.30 bits per heavy atom. The molecule has 0 amide bonds. The number of nitrogens with one attached hydrogen (secondary N) is 2. The molecule has 0 radical (unpaired) electrons. The predicted molar refractivity (Wildman–Crippen MR) is 76.2 cm³/mol. The summed E-state index contributed by atoms with van der Waals surface area (Å²) in [6.45, 7) is 6.06. The van der Waals surface area contributed by atoms with E-state index in [2.05, 4.69) is 10.0 Å². The summed E-state index contributed by atoms with van der Waals surface area (Å²) in [5.74, 6) is 0. The molecule has 1 aromatic rings. The maximum Gasteiger partial charge on any atom is 0.273 e. The second kappa shape index (κ2) is 6.78. The first-order chi connectivity index (χ1) is 9.25. The van der Waals surface area contributed by atoms with Crippen LogP contribution in [0.15, 0.2) is 23.1 Å². The number of nitro benzene ring substituents is 1. The van der Waals surface area contributed by atoms with Crippen LogP contribution in [0.5, 0.6) is 0 Å². The van der Waals surface area contributed by atoms with Crippen LogP contribution < -0.4 is 10.0 Å². The van der Waals surface area contributed by atoms with Gasteiger partial charge in [-0.3, -0.25) is 10.1 Å². The fourth-order valence-electron chi connectivity index (χ4n) is 1.72. The molecule has 0 saturated heterocycles. The molecule has 0 saturated carbocycles. The van der Waals surface area contributed by atoms with Gasteiger partial charge in [0.25, 0.3) is 5.69 Å². The minimum Gasteiger partial charge on any atom is -0.313 e. The van der Waals surface area contributed by atoms with Crippen molar-refractivity contribution >= 4 is 15.7 Å². The summed E-state index contributed by atoms with van der Waals surface area (Å²) in [7, 11) is -3.74. The summed E-state index contributed by atoms with van der Waals surface area (Å²) in [6.07, 6.45) is 0. The van der Waals surface area contributed by atoms with Gasteiger partial charge in [-0.2, -0.15) is 0 Å². The zero-order valence-electron chi connectivity index (χ0n) is 11.7. The number of nitrogens with zero attached hydrogens (tertiary/aromatic N) is 1. The van der Waals surface area contributed by atoms with Gasteiger partial charge in [0.15, 0.2) is 0 Å². The first kappa shape index (κ1) is 16.5. The quantitative estimate of drug-likeness (QED) is 0.447. The van der Waals surface area contributed by atoms with Gasteiger partial charge in [-0.25, -0.2) is 13.1 Å². The molecule has 0 spiro atoms. The van der Waals surface area contributed by atoms with Gasteiger partial charge >= 0.3 is 0 Å². The van der Waals surface area contributed by atoms with Gasteiger partial charge in [0.05, 0.1) is 9.82 Å². The first-order valence-electron chi connectivity index (χ1n) is 6.22. The van der Waals surface area contributed by atoms with Gasteiger partial charge in [0, 0.05) is 30.8 Å². The van der Waals surface area contributed by atoms with Crippen LogP contribution >= 0.6 is 0 Å². The van der Waals surface area contributed by atoms with Crippen LogP contribution in [0.4, 0.5) is 5.69 Å². The van der Waals surface area contributed by atoms with Crippen molar-refractivity contribution in [2.24, 2.45) is 0 Å². The van der Waals surface area contributed by atoms with Gasteiger partial charge in [-0.1, -0.05) is 19.9 Å². The van der Waals surface area contributed by atoms with Gasteiger partial charge in [0.1, 0.15) is 0 Å². The number of nitro groups is 1. The molecule has 0 aliphatic heterocycles. The molecule has 0 unspecified atom stereocenters. The van der Waals surface area contributed by atoms with E-state index in [1.807, 2.05) is 13.8 Å². The number of rotatable bonds is 7. The van der Waals surface area contributed by atoms with Gasteiger partial charge in [-0.15, -0.1) is 0 Å². The summed E-state index contributed by atoms with van der Waals surface area (Å²) in [5, 5.41) is 13.9. The Bertz CT molecular complexity index is 584. The zero-order valence-corrected chi connectivity index (χ0v) is 12.5. The van der Waals surface area contributed by atoms with E-state index >= 15 is 0 Å². The lowest BCUT2D eigenvalue weighted by Gasteiger charge is -2.11. The predicted octanol–water partition coefficient (Wildman–Crippen LogP) is 1.18. The molecule has 0 fully saturated rings. The standard InChI is InChI=1S/C12H19N3O4S/c1-9(2)13-7-8-14-20(18,19)12-6-4-5-11(10(12)3)15(16)17/h4-6,9,13-14H,7-8H2,1-3H3. The molecule has 2 N–H and O–H groups in total. The highest BCUT2D eigenvalue weighted by atomic mass is 32.2. The van der Waals surface area contributed by atoms with Crippen molar-refractivity contribution in [3.8, 4) is 0 Å². The lowest BCUT2D eigenvalue weighted by molar-refractivity contribution is -0.385. The fraction of sp³-hybridized carbons (Fsp3) is 0.500. The van der Waals surface area contributed by atoms with Crippen LogP contribution in [-0.4, -0.2) is 32.5 Å². The Morgan fingerprint density at radius 3 is 2.50 bits per heavy atom. The highest BCUT2D eigenvalue weighted by Crippen LogP contribution is 2.24. The van der Waals surface area contributed by atoms with E-state index in [9.17, 15) is 18.5 Å². The van der Waals surface area contributed by atoms with Crippen molar-refractivity contribution in [2.45, 2.75) is 31.7 Å². The van der Waals surface area contributed by atoms with E-state index in [4.69, 9.17) is 0 Å². The minimum absolute atomic E-state index is 0.0590. The average Bonchev–Trinajstić information content (AvgIpc) is 2.34. The molecular formula is C12H19N3O4S. The van der Waals surface area contributed by atoms with Crippen LogP contribution in [0.2, 0.25) is 0 Å². The third-order valence-electron chi connectivity index (χ3n) is 2.71. The SMILES string of the molecule is Cc1c([N+](=O)[O-])cccc1S(=O)(=O)NCCNC(C)C. The van der Waals surface area contributed by atoms with Gasteiger partial charge in [-0.05, 0) is 13.0 Å². The van der Waals surface area contributed by atoms with Crippen molar-refractivity contribution in [2.75, 3.05) is 13.1 Å². The summed E-state index contributed by atoms with van der Waals surface area (Å²) >= 11 is 0. The zero-order chi connectivity index (χ0) is 15.3. The summed E-state index contributed by atoms with van der Waals surface area (Å²) in [6, 6.07) is 4.28. The first-order valence-corrected chi connectivity index (χ1v) is 7.71. The molecule has 0 aliphatic rings. The lowest BCUT2D eigenvalue weighted by Crippen LogP contribution is -2.34. The Balaban J connectivity index is 2.88. The van der Waals surface area contributed by atoms with Gasteiger partial charge in [0.2, 0.25) is 10.0 Å².